The first kappa shape index (κ1) is 15.5. The van der Waals surface area contributed by atoms with Crippen molar-refractivity contribution in [3.63, 3.8) is 0 Å². The van der Waals surface area contributed by atoms with Crippen molar-refractivity contribution >= 4 is 15.9 Å². The molecule has 0 aromatic heterocycles. The Morgan fingerprint density at radius 3 is 2.61 bits per heavy atom. The zero-order valence-corrected chi connectivity index (χ0v) is 12.4. The molecule has 4 heteroatoms. The fourth-order valence-electron chi connectivity index (χ4n) is 1.50. The van der Waals surface area contributed by atoms with Crippen LogP contribution >= 0.6 is 15.9 Å². The molecule has 0 spiro atoms. The van der Waals surface area contributed by atoms with Crippen LogP contribution < -0.4 is 4.74 Å². The molecule has 1 aromatic carbocycles. The largest absolute Gasteiger partial charge is 0.491 e. The highest BCUT2D eigenvalue weighted by atomic mass is 79.9. The van der Waals surface area contributed by atoms with Gasteiger partial charge in [0.2, 0.25) is 0 Å². The minimum Gasteiger partial charge on any atom is -0.491 e. The Bertz CT molecular complexity index is 318. The van der Waals surface area contributed by atoms with E-state index in [1.165, 1.54) is 0 Å². The van der Waals surface area contributed by atoms with Crippen molar-refractivity contribution < 1.29 is 14.2 Å². The summed E-state index contributed by atoms with van der Waals surface area (Å²) in [4.78, 5) is 0. The van der Waals surface area contributed by atoms with Crippen molar-refractivity contribution in [2.75, 3.05) is 33.5 Å². The summed E-state index contributed by atoms with van der Waals surface area (Å²) in [5.41, 5.74) is 0. The van der Waals surface area contributed by atoms with Crippen molar-refractivity contribution in [3.8, 4) is 5.75 Å². The van der Waals surface area contributed by atoms with Crippen LogP contribution in [0.25, 0.3) is 0 Å². The zero-order valence-electron chi connectivity index (χ0n) is 10.9. The summed E-state index contributed by atoms with van der Waals surface area (Å²) in [6.45, 7) is 2.86. The maximum atomic E-state index is 5.56. The van der Waals surface area contributed by atoms with Gasteiger partial charge in [-0.3, -0.25) is 0 Å². The van der Waals surface area contributed by atoms with Crippen LogP contribution in [0.4, 0.5) is 0 Å². The first-order valence-electron chi connectivity index (χ1n) is 6.28. The second-order valence-electron chi connectivity index (χ2n) is 3.97. The van der Waals surface area contributed by atoms with Gasteiger partial charge in [0.25, 0.3) is 0 Å². The Morgan fingerprint density at radius 2 is 1.83 bits per heavy atom. The van der Waals surface area contributed by atoms with Gasteiger partial charge in [-0.25, -0.2) is 0 Å². The zero-order chi connectivity index (χ0) is 13.1. The molecule has 1 rings (SSSR count). The Kier molecular flexibility index (Phi) is 8.90. The van der Waals surface area contributed by atoms with Crippen LogP contribution in [0.15, 0.2) is 28.7 Å². The molecule has 0 bridgehead atoms. The van der Waals surface area contributed by atoms with E-state index in [0.29, 0.717) is 13.2 Å². The number of rotatable bonds is 10. The number of halogens is 1. The Hall–Kier alpha value is -0.580. The smallest absolute Gasteiger partial charge is 0.120 e. The summed E-state index contributed by atoms with van der Waals surface area (Å²) in [5.74, 6) is 0.869. The summed E-state index contributed by atoms with van der Waals surface area (Å²) in [6, 6.07) is 7.82. The molecule has 1 aromatic rings. The van der Waals surface area contributed by atoms with Gasteiger partial charge in [-0.1, -0.05) is 22.0 Å². The molecule has 0 amide bonds. The number of methoxy groups -OCH3 is 1. The average molecular weight is 317 g/mol. The highest BCUT2D eigenvalue weighted by molar-refractivity contribution is 9.10. The average Bonchev–Trinajstić information content (AvgIpc) is 2.37. The topological polar surface area (TPSA) is 27.7 Å². The van der Waals surface area contributed by atoms with Gasteiger partial charge in [0.05, 0.1) is 6.61 Å². The number of ether oxygens (including phenoxy) is 3. The van der Waals surface area contributed by atoms with E-state index < -0.39 is 0 Å². The molecular weight excluding hydrogens is 296 g/mol. The van der Waals surface area contributed by atoms with Gasteiger partial charge in [0.1, 0.15) is 12.4 Å². The van der Waals surface area contributed by atoms with E-state index in [2.05, 4.69) is 15.9 Å². The van der Waals surface area contributed by atoms with E-state index >= 15 is 0 Å². The van der Waals surface area contributed by atoms with E-state index in [-0.39, 0.29) is 0 Å². The molecule has 102 valence electrons. The van der Waals surface area contributed by atoms with Crippen LogP contribution in [-0.4, -0.2) is 33.5 Å². The third-order valence-electron chi connectivity index (χ3n) is 2.43. The number of hydrogen-bond acceptors (Lipinski definition) is 3. The molecule has 0 N–H and O–H groups in total. The number of unbranched alkanes of at least 4 members (excludes halogenated alkanes) is 2. The van der Waals surface area contributed by atoms with Gasteiger partial charge < -0.3 is 14.2 Å². The fourth-order valence-corrected chi connectivity index (χ4v) is 1.88. The molecule has 0 heterocycles. The molecule has 0 aliphatic rings. The Balaban J connectivity index is 1.92. The minimum atomic E-state index is 0.592. The van der Waals surface area contributed by atoms with Gasteiger partial charge in [0, 0.05) is 24.8 Å². The molecule has 3 nitrogen and oxygen atoms in total. The normalized spacial score (nSPS) is 10.6. The third-order valence-corrected chi connectivity index (χ3v) is 2.92. The summed E-state index contributed by atoms with van der Waals surface area (Å²) < 4.78 is 17.1. The molecule has 0 saturated heterocycles. The van der Waals surface area contributed by atoms with Gasteiger partial charge in [-0.2, -0.15) is 0 Å². The summed E-state index contributed by atoms with van der Waals surface area (Å²) in [5, 5.41) is 0. The number of benzene rings is 1. The first-order valence-corrected chi connectivity index (χ1v) is 7.07. The highest BCUT2D eigenvalue weighted by Crippen LogP contribution is 2.17. The molecule has 18 heavy (non-hydrogen) atoms. The maximum Gasteiger partial charge on any atom is 0.120 e. The van der Waals surface area contributed by atoms with Crippen LogP contribution in [0, 0.1) is 0 Å². The lowest BCUT2D eigenvalue weighted by molar-refractivity contribution is 0.0954. The lowest BCUT2D eigenvalue weighted by Crippen LogP contribution is -2.07. The molecule has 0 unspecified atom stereocenters. The van der Waals surface area contributed by atoms with Gasteiger partial charge in [-0.05, 0) is 37.5 Å². The van der Waals surface area contributed by atoms with Crippen LogP contribution in [0.1, 0.15) is 19.3 Å². The van der Waals surface area contributed by atoms with Crippen LogP contribution in [-0.2, 0) is 9.47 Å². The van der Waals surface area contributed by atoms with E-state index in [4.69, 9.17) is 14.2 Å². The van der Waals surface area contributed by atoms with Crippen molar-refractivity contribution in [3.05, 3.63) is 28.7 Å². The highest BCUT2D eigenvalue weighted by Gasteiger charge is 1.95. The van der Waals surface area contributed by atoms with Gasteiger partial charge in [0.15, 0.2) is 0 Å². The van der Waals surface area contributed by atoms with Crippen molar-refractivity contribution in [1.82, 2.24) is 0 Å². The molecule has 0 saturated carbocycles. The van der Waals surface area contributed by atoms with Crippen molar-refractivity contribution in [1.29, 1.82) is 0 Å². The predicted octanol–water partition coefficient (Wildman–Crippen LogP) is 3.66. The quantitative estimate of drug-likeness (QED) is 0.616. The first-order chi connectivity index (χ1) is 8.83. The summed E-state index contributed by atoms with van der Waals surface area (Å²) in [7, 11) is 1.73. The number of hydrogen-bond donors (Lipinski definition) is 0. The summed E-state index contributed by atoms with van der Waals surface area (Å²) in [6.07, 6.45) is 3.34. The van der Waals surface area contributed by atoms with Crippen LogP contribution in [0.3, 0.4) is 0 Å². The van der Waals surface area contributed by atoms with E-state index in [1.54, 1.807) is 7.11 Å². The van der Waals surface area contributed by atoms with E-state index in [1.807, 2.05) is 24.3 Å². The molecular formula is C14H21BrO3. The van der Waals surface area contributed by atoms with Crippen LogP contribution in [0.2, 0.25) is 0 Å². The maximum absolute atomic E-state index is 5.56. The molecule has 0 radical (unpaired) electrons. The SMILES string of the molecule is COCCCCCOCCOc1cccc(Br)c1. The van der Waals surface area contributed by atoms with Crippen LogP contribution in [0.5, 0.6) is 5.75 Å². The third kappa shape index (κ3) is 7.69. The van der Waals surface area contributed by atoms with Crippen molar-refractivity contribution in [2.24, 2.45) is 0 Å². The Labute approximate surface area is 118 Å². The molecule has 0 fully saturated rings. The van der Waals surface area contributed by atoms with E-state index in [9.17, 15) is 0 Å². The lowest BCUT2D eigenvalue weighted by Gasteiger charge is -2.07. The standard InChI is InChI=1S/C14H21BrO3/c1-16-8-3-2-4-9-17-10-11-18-14-7-5-6-13(15)12-14/h5-7,12H,2-4,8-11H2,1H3. The molecule has 0 aliphatic carbocycles. The monoisotopic (exact) mass is 316 g/mol. The fraction of sp³-hybridized carbons (Fsp3) is 0.571. The lowest BCUT2D eigenvalue weighted by atomic mass is 10.2. The van der Waals surface area contributed by atoms with Gasteiger partial charge in [-0.15, -0.1) is 0 Å². The minimum absolute atomic E-state index is 0.592. The van der Waals surface area contributed by atoms with Gasteiger partial charge >= 0.3 is 0 Å². The Morgan fingerprint density at radius 1 is 1.00 bits per heavy atom. The predicted molar refractivity (Wildman–Crippen MR) is 76.2 cm³/mol. The van der Waals surface area contributed by atoms with Crippen molar-refractivity contribution in [2.45, 2.75) is 19.3 Å². The second kappa shape index (κ2) is 10.4. The second-order valence-corrected chi connectivity index (χ2v) is 4.89. The van der Waals surface area contributed by atoms with E-state index in [0.717, 1.165) is 42.7 Å². The molecule has 0 aliphatic heterocycles. The molecule has 0 atom stereocenters. The summed E-state index contributed by atoms with van der Waals surface area (Å²) >= 11 is 3.40.